The Morgan fingerprint density at radius 2 is 1.89 bits per heavy atom. The molecule has 9 nitrogen and oxygen atoms in total. The molecule has 0 bridgehead atoms. The van der Waals surface area contributed by atoms with E-state index in [0.717, 1.165) is 16.5 Å². The Labute approximate surface area is 209 Å². The number of para-hydroxylation sites is 1. The van der Waals surface area contributed by atoms with Crippen molar-refractivity contribution in [1.29, 1.82) is 0 Å². The van der Waals surface area contributed by atoms with Gasteiger partial charge in [-0.05, 0) is 18.2 Å². The van der Waals surface area contributed by atoms with Crippen molar-refractivity contribution >= 4 is 28.7 Å². The molecule has 196 valence electrons. The summed E-state index contributed by atoms with van der Waals surface area (Å²) in [6.07, 6.45) is 0.0627. The van der Waals surface area contributed by atoms with Crippen LogP contribution in [0.3, 0.4) is 0 Å². The van der Waals surface area contributed by atoms with Gasteiger partial charge in [-0.2, -0.15) is 13.2 Å². The lowest BCUT2D eigenvalue weighted by Gasteiger charge is -2.20. The van der Waals surface area contributed by atoms with Gasteiger partial charge in [0.15, 0.2) is 0 Å². The Hall–Kier alpha value is -3.93. The number of aliphatic carboxylic acids is 1. The van der Waals surface area contributed by atoms with E-state index in [-0.39, 0.29) is 29.8 Å². The number of amides is 2. The number of rotatable bonds is 4. The van der Waals surface area contributed by atoms with Crippen LogP contribution in [0.25, 0.3) is 10.9 Å². The minimum Gasteiger partial charge on any atom is -0.475 e. The third-order valence-corrected chi connectivity index (χ3v) is 6.54. The number of nitrogens with zero attached hydrogens (tertiary/aromatic N) is 3. The monoisotopic (exact) mass is 518 g/mol. The van der Waals surface area contributed by atoms with Crippen molar-refractivity contribution in [3.05, 3.63) is 66.1 Å². The topological polar surface area (TPSA) is 114 Å². The number of carbonyl (C=O) groups is 3. The molecule has 12 heteroatoms. The average Bonchev–Trinajstić information content (AvgIpc) is 3.56. The maximum atomic E-state index is 13.2. The predicted molar refractivity (Wildman–Crippen MR) is 126 cm³/mol. The Kier molecular flexibility index (Phi) is 7.48. The minimum atomic E-state index is -5.08. The number of fused-ring (bicyclic) bond motifs is 2. The number of carbonyl (C=O) groups excluding carboxylic acids is 2. The molecule has 2 aliphatic rings. The van der Waals surface area contributed by atoms with E-state index in [4.69, 9.17) is 14.6 Å². The van der Waals surface area contributed by atoms with Gasteiger partial charge in [0.1, 0.15) is 0 Å². The summed E-state index contributed by atoms with van der Waals surface area (Å²) in [6.45, 7) is 2.39. The molecule has 0 unspecified atom stereocenters. The van der Waals surface area contributed by atoms with Gasteiger partial charge in [0.2, 0.25) is 0 Å². The fourth-order valence-corrected chi connectivity index (χ4v) is 4.68. The van der Waals surface area contributed by atoms with Crippen molar-refractivity contribution in [2.75, 3.05) is 26.2 Å². The van der Waals surface area contributed by atoms with Gasteiger partial charge in [-0.25, -0.2) is 4.79 Å². The van der Waals surface area contributed by atoms with Crippen LogP contribution >= 0.6 is 0 Å². The van der Waals surface area contributed by atoms with Crippen LogP contribution in [0.15, 0.2) is 55.0 Å². The van der Waals surface area contributed by atoms with E-state index < -0.39 is 12.1 Å². The highest BCUT2D eigenvalue weighted by Gasteiger charge is 2.45. The van der Waals surface area contributed by atoms with Gasteiger partial charge in [0.05, 0.1) is 23.8 Å². The van der Waals surface area contributed by atoms with Gasteiger partial charge in [-0.3, -0.25) is 14.6 Å². The molecular weight excluding hydrogens is 493 g/mol. The molecule has 3 aromatic rings. The maximum absolute atomic E-state index is 13.2. The number of hydrogen-bond acceptors (Lipinski definition) is 5. The molecule has 0 saturated carbocycles. The van der Waals surface area contributed by atoms with Crippen LogP contribution in [0.4, 0.5) is 13.2 Å². The van der Waals surface area contributed by atoms with Gasteiger partial charge >= 0.3 is 12.1 Å². The fraction of sp³-hybridized carbons (Fsp3) is 0.360. The van der Waals surface area contributed by atoms with E-state index in [1.165, 1.54) is 0 Å². The van der Waals surface area contributed by atoms with Gasteiger partial charge in [-0.15, -0.1) is 0 Å². The summed E-state index contributed by atoms with van der Waals surface area (Å²) in [6, 6.07) is 11.5. The zero-order valence-electron chi connectivity index (χ0n) is 19.8. The third-order valence-electron chi connectivity index (χ3n) is 6.54. The van der Waals surface area contributed by atoms with E-state index in [9.17, 15) is 22.8 Å². The number of pyridine rings is 1. The minimum absolute atomic E-state index is 0.0317. The van der Waals surface area contributed by atoms with E-state index in [2.05, 4.69) is 10.3 Å². The first kappa shape index (κ1) is 26.1. The number of nitrogens with one attached hydrogen (secondary N) is 1. The van der Waals surface area contributed by atoms with Crippen molar-refractivity contribution in [1.82, 2.24) is 19.8 Å². The normalized spacial score (nSPS) is 20.8. The number of likely N-dealkylation sites (tertiary alicyclic amines) is 1. The Morgan fingerprint density at radius 3 is 2.57 bits per heavy atom. The van der Waals surface area contributed by atoms with Crippen LogP contribution in [0.2, 0.25) is 0 Å². The molecule has 2 saturated heterocycles. The summed E-state index contributed by atoms with van der Waals surface area (Å²) in [4.78, 5) is 40.3. The molecule has 1 aromatic carbocycles. The summed E-state index contributed by atoms with van der Waals surface area (Å²) >= 11 is 0. The molecule has 2 N–H and O–H groups in total. The van der Waals surface area contributed by atoms with Crippen LogP contribution < -0.4 is 5.32 Å². The van der Waals surface area contributed by atoms with Crippen LogP contribution in [0, 0.1) is 11.8 Å². The molecule has 2 aliphatic heterocycles. The third kappa shape index (κ3) is 5.74. The van der Waals surface area contributed by atoms with Crippen LogP contribution in [0.1, 0.15) is 20.7 Å². The van der Waals surface area contributed by atoms with Gasteiger partial charge in [0, 0.05) is 68.0 Å². The van der Waals surface area contributed by atoms with Crippen LogP contribution in [0.5, 0.6) is 0 Å². The molecule has 2 amide bonds. The second-order valence-electron chi connectivity index (χ2n) is 8.93. The SMILES string of the molecule is Cn1cc(C(=O)N2C[C@@H]3[C@H](CNC(=O)c4cccnc4)CO[C@@H]3C2)c2ccccc21.O=C(O)C(F)(F)F. The molecule has 0 spiro atoms. The molecule has 5 rings (SSSR count). The van der Waals surface area contributed by atoms with E-state index in [0.29, 0.717) is 31.8 Å². The van der Waals surface area contributed by atoms with Crippen molar-refractivity contribution in [2.24, 2.45) is 18.9 Å². The lowest BCUT2D eigenvalue weighted by molar-refractivity contribution is -0.192. The van der Waals surface area contributed by atoms with Crippen LogP contribution in [-0.4, -0.2) is 75.9 Å². The Bertz CT molecular complexity index is 1290. The first-order valence-electron chi connectivity index (χ1n) is 11.5. The van der Waals surface area contributed by atoms with Gasteiger partial charge in [0.25, 0.3) is 11.8 Å². The summed E-state index contributed by atoms with van der Waals surface area (Å²) < 4.78 is 39.7. The highest BCUT2D eigenvalue weighted by Crippen LogP contribution is 2.35. The van der Waals surface area contributed by atoms with Gasteiger partial charge in [-0.1, -0.05) is 18.2 Å². The zero-order valence-corrected chi connectivity index (χ0v) is 19.8. The maximum Gasteiger partial charge on any atom is 0.490 e. The van der Waals surface area contributed by atoms with E-state index in [1.807, 2.05) is 47.0 Å². The summed E-state index contributed by atoms with van der Waals surface area (Å²) in [7, 11) is 1.96. The molecule has 2 aromatic heterocycles. The molecule has 2 fully saturated rings. The lowest BCUT2D eigenvalue weighted by Crippen LogP contribution is -2.35. The number of aryl methyl sites for hydroxylation is 1. The van der Waals surface area contributed by atoms with Crippen molar-refractivity contribution in [3.8, 4) is 0 Å². The summed E-state index contributed by atoms with van der Waals surface area (Å²) in [5, 5.41) is 11.1. The number of halogens is 3. The molecular formula is C25H25F3N4O5. The van der Waals surface area contributed by atoms with Crippen LogP contribution in [-0.2, 0) is 16.6 Å². The number of aromatic nitrogens is 2. The molecule has 0 radical (unpaired) electrons. The molecule has 3 atom stereocenters. The first-order chi connectivity index (χ1) is 17.6. The standard InChI is InChI=1S/C23H24N4O3.C2HF3O2/c1-26-11-19(17-6-2-3-7-20(17)26)23(29)27-12-18-16(14-30-21(18)13-27)10-25-22(28)15-5-4-8-24-9-15;3-2(4,5)1(6)7/h2-9,11,16,18,21H,10,12-14H2,1H3,(H,25,28);(H,6,7)/t16-,18-,21-;/m1./s1. The lowest BCUT2D eigenvalue weighted by atomic mass is 9.93. The number of carboxylic acid groups (broad SMARTS) is 1. The molecule has 0 aliphatic carbocycles. The van der Waals surface area contributed by atoms with Gasteiger partial charge < -0.3 is 24.6 Å². The summed E-state index contributed by atoms with van der Waals surface area (Å²) in [5.74, 6) is -2.41. The molecule has 37 heavy (non-hydrogen) atoms. The average molecular weight is 518 g/mol. The Morgan fingerprint density at radius 1 is 1.16 bits per heavy atom. The number of benzene rings is 1. The molecule has 4 heterocycles. The highest BCUT2D eigenvalue weighted by molar-refractivity contribution is 6.07. The van der Waals surface area contributed by atoms with Crippen molar-refractivity contribution in [2.45, 2.75) is 12.3 Å². The van der Waals surface area contributed by atoms with E-state index >= 15 is 0 Å². The van der Waals surface area contributed by atoms with E-state index in [1.54, 1.807) is 24.5 Å². The second-order valence-corrected chi connectivity index (χ2v) is 8.93. The largest absolute Gasteiger partial charge is 0.490 e. The number of carboxylic acids is 1. The van der Waals surface area contributed by atoms with Crippen molar-refractivity contribution < 1.29 is 37.4 Å². The number of hydrogen-bond donors (Lipinski definition) is 2. The zero-order chi connectivity index (χ0) is 26.7. The predicted octanol–water partition coefficient (Wildman–Crippen LogP) is 2.72. The fourth-order valence-electron chi connectivity index (χ4n) is 4.68. The Balaban J connectivity index is 0.000000405. The highest BCUT2D eigenvalue weighted by atomic mass is 19.4. The first-order valence-corrected chi connectivity index (χ1v) is 11.5. The second kappa shape index (κ2) is 10.6. The number of ether oxygens (including phenoxy) is 1. The quantitative estimate of drug-likeness (QED) is 0.549. The smallest absolute Gasteiger partial charge is 0.475 e. The number of alkyl halides is 3. The summed E-state index contributed by atoms with van der Waals surface area (Å²) in [5.41, 5.74) is 2.33. The van der Waals surface area contributed by atoms with Crippen molar-refractivity contribution in [3.63, 3.8) is 0 Å².